The molecule has 1 atom stereocenters. The minimum absolute atomic E-state index is 0.136. The van der Waals surface area contributed by atoms with Crippen molar-refractivity contribution in [2.75, 3.05) is 32.8 Å². The molecule has 2 N–H and O–H groups in total. The highest BCUT2D eigenvalue weighted by atomic mass is 16.3. The lowest BCUT2D eigenvalue weighted by atomic mass is 10.1. The van der Waals surface area contributed by atoms with Crippen molar-refractivity contribution in [3.05, 3.63) is 42.0 Å². The Morgan fingerprint density at radius 2 is 1.94 bits per heavy atom. The van der Waals surface area contributed by atoms with Gasteiger partial charge in [0, 0.05) is 26.2 Å². The zero-order valence-electron chi connectivity index (χ0n) is 10.0. The summed E-state index contributed by atoms with van der Waals surface area (Å²) < 4.78 is 0. The second kappa shape index (κ2) is 6.55. The smallest absolute Gasteiger partial charge is 0.0622 e. The second-order valence-corrected chi connectivity index (χ2v) is 4.31. The minimum atomic E-state index is 0.136. The van der Waals surface area contributed by atoms with E-state index in [9.17, 15) is 5.11 Å². The Morgan fingerprint density at radius 3 is 2.59 bits per heavy atom. The Labute approximate surface area is 103 Å². The summed E-state index contributed by atoms with van der Waals surface area (Å²) in [6.45, 7) is 4.21. The molecule has 1 unspecified atom stereocenters. The molecule has 0 aromatic heterocycles. The van der Waals surface area contributed by atoms with Crippen molar-refractivity contribution >= 4 is 6.08 Å². The average Bonchev–Trinajstić information content (AvgIpc) is 2.42. The molecule has 1 aromatic rings. The molecule has 17 heavy (non-hydrogen) atoms. The van der Waals surface area contributed by atoms with E-state index in [4.69, 9.17) is 0 Å². The molecular formula is C14H20N2O. The fourth-order valence-corrected chi connectivity index (χ4v) is 2.10. The zero-order valence-corrected chi connectivity index (χ0v) is 10.0. The van der Waals surface area contributed by atoms with Crippen molar-refractivity contribution in [1.82, 2.24) is 10.2 Å². The molecule has 1 aliphatic rings. The van der Waals surface area contributed by atoms with Gasteiger partial charge < -0.3 is 10.4 Å². The van der Waals surface area contributed by atoms with Gasteiger partial charge in [0.2, 0.25) is 0 Å². The van der Waals surface area contributed by atoms with Crippen LogP contribution in [-0.4, -0.2) is 48.8 Å². The standard InChI is InChI=1S/C14H20N2O/c17-12-14(16-10-8-15-9-11-16)7-6-13-4-2-1-3-5-13/h1-7,14-15,17H,8-12H2/b7-6+. The van der Waals surface area contributed by atoms with Crippen LogP contribution in [0, 0.1) is 0 Å². The number of aliphatic hydroxyl groups is 1. The first-order valence-corrected chi connectivity index (χ1v) is 6.19. The third-order valence-corrected chi connectivity index (χ3v) is 3.12. The Hall–Kier alpha value is -1.16. The highest BCUT2D eigenvalue weighted by molar-refractivity contribution is 5.49. The van der Waals surface area contributed by atoms with E-state index in [2.05, 4.69) is 34.5 Å². The van der Waals surface area contributed by atoms with Gasteiger partial charge in [-0.3, -0.25) is 4.90 Å². The van der Waals surface area contributed by atoms with Crippen LogP contribution in [0.5, 0.6) is 0 Å². The fourth-order valence-electron chi connectivity index (χ4n) is 2.10. The molecule has 1 heterocycles. The summed E-state index contributed by atoms with van der Waals surface area (Å²) in [6.07, 6.45) is 4.18. The second-order valence-electron chi connectivity index (χ2n) is 4.31. The van der Waals surface area contributed by atoms with E-state index in [0.717, 1.165) is 26.2 Å². The first kappa shape index (κ1) is 12.3. The third-order valence-electron chi connectivity index (χ3n) is 3.12. The van der Waals surface area contributed by atoms with Crippen molar-refractivity contribution in [1.29, 1.82) is 0 Å². The van der Waals surface area contributed by atoms with E-state index in [1.807, 2.05) is 18.2 Å². The number of benzene rings is 1. The summed E-state index contributed by atoms with van der Waals surface area (Å²) in [5, 5.41) is 12.8. The highest BCUT2D eigenvalue weighted by Crippen LogP contribution is 2.07. The predicted octanol–water partition coefficient (Wildman–Crippen LogP) is 0.966. The van der Waals surface area contributed by atoms with Gasteiger partial charge >= 0.3 is 0 Å². The van der Waals surface area contributed by atoms with E-state index in [1.165, 1.54) is 5.56 Å². The van der Waals surface area contributed by atoms with Crippen LogP contribution in [0.1, 0.15) is 5.56 Å². The Balaban J connectivity index is 1.96. The molecule has 0 saturated carbocycles. The maximum atomic E-state index is 9.44. The van der Waals surface area contributed by atoms with Crippen molar-refractivity contribution in [3.63, 3.8) is 0 Å². The van der Waals surface area contributed by atoms with Gasteiger partial charge in [-0.15, -0.1) is 0 Å². The van der Waals surface area contributed by atoms with Gasteiger partial charge in [0.1, 0.15) is 0 Å². The summed E-state index contributed by atoms with van der Waals surface area (Å²) >= 11 is 0. The summed E-state index contributed by atoms with van der Waals surface area (Å²) in [6, 6.07) is 10.3. The first-order chi connectivity index (χ1) is 8.40. The maximum absolute atomic E-state index is 9.44. The molecule has 1 saturated heterocycles. The van der Waals surface area contributed by atoms with Crippen LogP contribution in [-0.2, 0) is 0 Å². The highest BCUT2D eigenvalue weighted by Gasteiger charge is 2.16. The van der Waals surface area contributed by atoms with Gasteiger partial charge in [0.15, 0.2) is 0 Å². The van der Waals surface area contributed by atoms with E-state index in [1.54, 1.807) is 0 Å². The lowest BCUT2D eigenvalue weighted by Gasteiger charge is -2.32. The van der Waals surface area contributed by atoms with Crippen molar-refractivity contribution in [2.45, 2.75) is 6.04 Å². The summed E-state index contributed by atoms with van der Waals surface area (Å²) in [5.74, 6) is 0. The van der Waals surface area contributed by atoms with E-state index < -0.39 is 0 Å². The monoisotopic (exact) mass is 232 g/mol. The largest absolute Gasteiger partial charge is 0.394 e. The van der Waals surface area contributed by atoms with Crippen LogP contribution in [0.3, 0.4) is 0 Å². The number of piperazine rings is 1. The van der Waals surface area contributed by atoms with Gasteiger partial charge in [-0.25, -0.2) is 0 Å². The lowest BCUT2D eigenvalue weighted by Crippen LogP contribution is -2.48. The molecule has 0 bridgehead atoms. The third kappa shape index (κ3) is 3.66. The minimum Gasteiger partial charge on any atom is -0.394 e. The van der Waals surface area contributed by atoms with Crippen LogP contribution in [0.4, 0.5) is 0 Å². The van der Waals surface area contributed by atoms with Gasteiger partial charge in [0.25, 0.3) is 0 Å². The number of hydrogen-bond acceptors (Lipinski definition) is 3. The van der Waals surface area contributed by atoms with Crippen LogP contribution < -0.4 is 5.32 Å². The Kier molecular flexibility index (Phi) is 4.74. The molecular weight excluding hydrogens is 212 g/mol. The van der Waals surface area contributed by atoms with Crippen molar-refractivity contribution in [3.8, 4) is 0 Å². The summed E-state index contributed by atoms with van der Waals surface area (Å²) in [5.41, 5.74) is 1.18. The van der Waals surface area contributed by atoms with E-state index in [0.29, 0.717) is 0 Å². The molecule has 2 rings (SSSR count). The Morgan fingerprint density at radius 1 is 1.24 bits per heavy atom. The van der Waals surface area contributed by atoms with Crippen LogP contribution >= 0.6 is 0 Å². The van der Waals surface area contributed by atoms with Crippen LogP contribution in [0.2, 0.25) is 0 Å². The van der Waals surface area contributed by atoms with Gasteiger partial charge in [-0.05, 0) is 5.56 Å². The molecule has 1 aromatic carbocycles. The number of hydrogen-bond donors (Lipinski definition) is 2. The number of nitrogens with one attached hydrogen (secondary N) is 1. The molecule has 92 valence electrons. The lowest BCUT2D eigenvalue weighted by molar-refractivity contribution is 0.138. The first-order valence-electron chi connectivity index (χ1n) is 6.19. The average molecular weight is 232 g/mol. The maximum Gasteiger partial charge on any atom is 0.0622 e. The number of aliphatic hydroxyl groups excluding tert-OH is 1. The molecule has 0 amide bonds. The van der Waals surface area contributed by atoms with Gasteiger partial charge in [-0.2, -0.15) is 0 Å². The van der Waals surface area contributed by atoms with E-state index in [-0.39, 0.29) is 12.6 Å². The predicted molar refractivity (Wildman–Crippen MR) is 70.8 cm³/mol. The van der Waals surface area contributed by atoms with Crippen LogP contribution in [0.15, 0.2) is 36.4 Å². The topological polar surface area (TPSA) is 35.5 Å². The van der Waals surface area contributed by atoms with E-state index >= 15 is 0 Å². The van der Waals surface area contributed by atoms with Crippen molar-refractivity contribution in [2.24, 2.45) is 0 Å². The summed E-state index contributed by atoms with van der Waals surface area (Å²) in [7, 11) is 0. The SMILES string of the molecule is OCC(/C=C/c1ccccc1)N1CCNCC1. The fraction of sp³-hybridized carbons (Fsp3) is 0.429. The summed E-state index contributed by atoms with van der Waals surface area (Å²) in [4.78, 5) is 2.32. The van der Waals surface area contributed by atoms with Crippen LogP contribution in [0.25, 0.3) is 6.08 Å². The molecule has 0 spiro atoms. The van der Waals surface area contributed by atoms with Gasteiger partial charge in [0.05, 0.1) is 12.6 Å². The zero-order chi connectivity index (χ0) is 11.9. The van der Waals surface area contributed by atoms with Gasteiger partial charge in [-0.1, -0.05) is 42.5 Å². The molecule has 1 fully saturated rings. The number of rotatable bonds is 4. The molecule has 3 heteroatoms. The molecule has 0 radical (unpaired) electrons. The molecule has 1 aliphatic heterocycles. The quantitative estimate of drug-likeness (QED) is 0.812. The normalized spacial score (nSPS) is 19.6. The van der Waals surface area contributed by atoms with Crippen molar-refractivity contribution < 1.29 is 5.11 Å². The Bertz CT molecular complexity index is 344. The molecule has 3 nitrogen and oxygen atoms in total. The number of nitrogens with zero attached hydrogens (tertiary/aromatic N) is 1. The molecule has 0 aliphatic carbocycles.